The minimum atomic E-state index is -0.365. The van der Waals surface area contributed by atoms with Crippen LogP contribution in [-0.2, 0) is 13.2 Å². The van der Waals surface area contributed by atoms with E-state index in [1.807, 2.05) is 61.5 Å². The minimum absolute atomic E-state index is 0.181. The average Bonchev–Trinajstić information content (AvgIpc) is 3.32. The van der Waals surface area contributed by atoms with E-state index in [2.05, 4.69) is 20.8 Å². The maximum Gasteiger partial charge on any atom is 0.286 e. The molecule has 0 radical (unpaired) electrons. The first kappa shape index (κ1) is 22.2. The Morgan fingerprint density at radius 3 is 2.36 bits per heavy atom. The number of nitrogens with one attached hydrogen (secondary N) is 2. The van der Waals surface area contributed by atoms with Gasteiger partial charge < -0.3 is 15.4 Å². The number of rotatable bonds is 8. The maximum atomic E-state index is 12.5. The molecule has 1 heterocycles. The molecule has 0 saturated heterocycles. The number of carbonyl (C=O) groups is 2. The summed E-state index contributed by atoms with van der Waals surface area (Å²) in [6.07, 6.45) is 0. The first-order valence-corrected chi connectivity index (χ1v) is 11.1. The number of hydrogen-bond acceptors (Lipinski definition) is 6. The molecule has 3 aromatic carbocycles. The van der Waals surface area contributed by atoms with Crippen LogP contribution in [-0.4, -0.2) is 22.0 Å². The third-order valence-corrected chi connectivity index (χ3v) is 5.70. The zero-order valence-electron chi connectivity index (χ0n) is 17.9. The monoisotopic (exact) mass is 458 g/mol. The zero-order valence-corrected chi connectivity index (χ0v) is 18.8. The van der Waals surface area contributed by atoms with Gasteiger partial charge in [-0.15, -0.1) is 10.2 Å². The molecule has 0 bridgehead atoms. The second-order valence-electron chi connectivity index (χ2n) is 7.25. The molecule has 0 aliphatic heterocycles. The number of hydrogen-bond donors (Lipinski definition) is 2. The van der Waals surface area contributed by atoms with E-state index in [-0.39, 0.29) is 23.4 Å². The Hall–Kier alpha value is -4.04. The fourth-order valence-electron chi connectivity index (χ4n) is 3.03. The summed E-state index contributed by atoms with van der Waals surface area (Å²) < 4.78 is 5.76. The van der Waals surface area contributed by atoms with Crippen molar-refractivity contribution in [2.75, 3.05) is 5.32 Å². The lowest BCUT2D eigenvalue weighted by Gasteiger charge is -2.07. The quantitative estimate of drug-likeness (QED) is 0.402. The predicted molar refractivity (Wildman–Crippen MR) is 127 cm³/mol. The van der Waals surface area contributed by atoms with E-state index in [4.69, 9.17) is 4.74 Å². The minimum Gasteiger partial charge on any atom is -0.486 e. The second kappa shape index (κ2) is 10.5. The third-order valence-electron chi connectivity index (χ3n) is 4.81. The lowest BCUT2D eigenvalue weighted by atomic mass is 10.1. The van der Waals surface area contributed by atoms with Crippen LogP contribution in [0.15, 0.2) is 78.9 Å². The van der Waals surface area contributed by atoms with Crippen molar-refractivity contribution in [2.45, 2.75) is 20.1 Å². The van der Waals surface area contributed by atoms with Crippen LogP contribution in [0.25, 0.3) is 0 Å². The van der Waals surface area contributed by atoms with Crippen LogP contribution in [0.5, 0.6) is 5.75 Å². The molecule has 0 unspecified atom stereocenters. The fraction of sp³-hybridized carbons (Fsp3) is 0.120. The summed E-state index contributed by atoms with van der Waals surface area (Å²) in [6, 6.07) is 24.1. The first-order chi connectivity index (χ1) is 16.1. The Balaban J connectivity index is 1.29. The molecule has 4 aromatic rings. The van der Waals surface area contributed by atoms with E-state index < -0.39 is 0 Å². The highest BCUT2D eigenvalue weighted by Crippen LogP contribution is 2.20. The third kappa shape index (κ3) is 6.02. The largest absolute Gasteiger partial charge is 0.486 e. The Morgan fingerprint density at radius 2 is 1.61 bits per heavy atom. The standard InChI is InChI=1S/C25H22N4O3S/c1-17-7-5-6-10-21(17)32-16-22-28-29-25(33-22)24(31)27-20-13-11-19(12-14-20)23(30)26-15-18-8-3-2-4-9-18/h2-14H,15-16H2,1H3,(H,26,30)(H,27,31). The van der Waals surface area contributed by atoms with Gasteiger partial charge in [-0.1, -0.05) is 59.9 Å². The second-order valence-corrected chi connectivity index (χ2v) is 8.32. The number of carbonyl (C=O) groups excluding carboxylic acids is 2. The smallest absolute Gasteiger partial charge is 0.286 e. The van der Waals surface area contributed by atoms with Crippen LogP contribution in [0.2, 0.25) is 0 Å². The fourth-order valence-corrected chi connectivity index (χ4v) is 3.68. The van der Waals surface area contributed by atoms with Crippen molar-refractivity contribution in [1.82, 2.24) is 15.5 Å². The predicted octanol–water partition coefficient (Wildman–Crippen LogP) is 4.61. The molecule has 0 aliphatic rings. The van der Waals surface area contributed by atoms with E-state index in [9.17, 15) is 9.59 Å². The van der Waals surface area contributed by atoms with E-state index in [0.717, 1.165) is 16.9 Å². The van der Waals surface area contributed by atoms with E-state index in [0.29, 0.717) is 22.8 Å². The molecule has 0 saturated carbocycles. The number of ether oxygens (including phenoxy) is 1. The normalized spacial score (nSPS) is 10.5. The number of amides is 2. The summed E-state index contributed by atoms with van der Waals surface area (Å²) in [6.45, 7) is 2.65. The topological polar surface area (TPSA) is 93.2 Å². The molecular weight excluding hydrogens is 436 g/mol. The zero-order chi connectivity index (χ0) is 23.0. The molecule has 1 aromatic heterocycles. The van der Waals surface area contributed by atoms with Crippen LogP contribution in [0.4, 0.5) is 5.69 Å². The molecule has 2 N–H and O–H groups in total. The van der Waals surface area contributed by atoms with Gasteiger partial charge in [0.1, 0.15) is 12.4 Å². The van der Waals surface area contributed by atoms with Crippen LogP contribution in [0.1, 0.15) is 36.3 Å². The Labute approximate surface area is 195 Å². The molecule has 4 rings (SSSR count). The van der Waals surface area contributed by atoms with Gasteiger partial charge in [0.05, 0.1) is 0 Å². The van der Waals surface area contributed by atoms with Crippen LogP contribution < -0.4 is 15.4 Å². The van der Waals surface area contributed by atoms with Gasteiger partial charge in [-0.3, -0.25) is 9.59 Å². The van der Waals surface area contributed by atoms with Gasteiger partial charge in [0.25, 0.3) is 11.8 Å². The van der Waals surface area contributed by atoms with Gasteiger partial charge in [-0.25, -0.2) is 0 Å². The van der Waals surface area contributed by atoms with Gasteiger partial charge in [0.15, 0.2) is 5.01 Å². The molecule has 0 spiro atoms. The van der Waals surface area contributed by atoms with Gasteiger partial charge in [-0.05, 0) is 48.4 Å². The summed E-state index contributed by atoms with van der Waals surface area (Å²) >= 11 is 1.17. The van der Waals surface area contributed by atoms with Crippen molar-refractivity contribution >= 4 is 28.8 Å². The van der Waals surface area contributed by atoms with E-state index in [1.165, 1.54) is 11.3 Å². The number of aromatic nitrogens is 2. The van der Waals surface area contributed by atoms with Crippen molar-refractivity contribution in [1.29, 1.82) is 0 Å². The van der Waals surface area contributed by atoms with E-state index in [1.54, 1.807) is 24.3 Å². The maximum absolute atomic E-state index is 12.5. The molecule has 8 heteroatoms. The molecule has 2 amide bonds. The molecule has 0 atom stereocenters. The van der Waals surface area contributed by atoms with Crippen LogP contribution >= 0.6 is 11.3 Å². The first-order valence-electron chi connectivity index (χ1n) is 10.3. The molecular formula is C25H22N4O3S. The van der Waals surface area contributed by atoms with Crippen molar-refractivity contribution in [3.63, 3.8) is 0 Å². The van der Waals surface area contributed by atoms with Crippen LogP contribution in [0.3, 0.4) is 0 Å². The Bertz CT molecular complexity index is 1240. The Morgan fingerprint density at radius 1 is 0.879 bits per heavy atom. The summed E-state index contributed by atoms with van der Waals surface area (Å²) in [5.41, 5.74) is 3.12. The van der Waals surface area contributed by atoms with Crippen molar-refractivity contribution < 1.29 is 14.3 Å². The lowest BCUT2D eigenvalue weighted by molar-refractivity contribution is 0.0950. The van der Waals surface area contributed by atoms with Gasteiger partial charge in [0, 0.05) is 17.8 Å². The lowest BCUT2D eigenvalue weighted by Crippen LogP contribution is -2.22. The summed E-state index contributed by atoms with van der Waals surface area (Å²) in [7, 11) is 0. The number of benzene rings is 3. The number of aryl methyl sites for hydroxylation is 1. The molecule has 0 fully saturated rings. The number of nitrogens with zero attached hydrogens (tertiary/aromatic N) is 2. The highest BCUT2D eigenvalue weighted by Gasteiger charge is 2.14. The highest BCUT2D eigenvalue weighted by molar-refractivity contribution is 7.13. The molecule has 166 valence electrons. The van der Waals surface area contributed by atoms with Crippen molar-refractivity contribution in [2.24, 2.45) is 0 Å². The average molecular weight is 459 g/mol. The van der Waals surface area contributed by atoms with E-state index >= 15 is 0 Å². The number of para-hydroxylation sites is 1. The van der Waals surface area contributed by atoms with Crippen molar-refractivity contribution in [3.8, 4) is 5.75 Å². The molecule has 7 nitrogen and oxygen atoms in total. The molecule has 0 aliphatic carbocycles. The summed E-state index contributed by atoms with van der Waals surface area (Å²) in [4.78, 5) is 24.8. The van der Waals surface area contributed by atoms with Crippen molar-refractivity contribution in [3.05, 3.63) is 106 Å². The highest BCUT2D eigenvalue weighted by atomic mass is 32.1. The molecule has 33 heavy (non-hydrogen) atoms. The van der Waals surface area contributed by atoms with Gasteiger partial charge >= 0.3 is 0 Å². The summed E-state index contributed by atoms with van der Waals surface area (Å²) in [5.74, 6) is 0.224. The summed E-state index contributed by atoms with van der Waals surface area (Å²) in [5, 5.41) is 14.5. The Kier molecular flexibility index (Phi) is 7.06. The van der Waals surface area contributed by atoms with Crippen LogP contribution in [0, 0.1) is 6.92 Å². The SMILES string of the molecule is Cc1ccccc1OCc1nnc(C(=O)Nc2ccc(C(=O)NCc3ccccc3)cc2)s1. The van der Waals surface area contributed by atoms with Gasteiger partial charge in [-0.2, -0.15) is 0 Å². The number of anilines is 1. The van der Waals surface area contributed by atoms with Gasteiger partial charge in [0.2, 0.25) is 5.01 Å².